The van der Waals surface area contributed by atoms with Crippen LogP contribution in [0.1, 0.15) is 23.1 Å². The van der Waals surface area contributed by atoms with Crippen molar-refractivity contribution in [3.05, 3.63) is 44.9 Å². The highest BCUT2D eigenvalue weighted by atomic mass is 79.9. The van der Waals surface area contributed by atoms with Gasteiger partial charge in [0.25, 0.3) is 0 Å². The molecule has 0 bridgehead atoms. The summed E-state index contributed by atoms with van der Waals surface area (Å²) in [7, 11) is 0. The Labute approximate surface area is 132 Å². The monoisotopic (exact) mass is 402 g/mol. The van der Waals surface area contributed by atoms with Gasteiger partial charge in [0.2, 0.25) is 0 Å². The fourth-order valence-electron chi connectivity index (χ4n) is 1.73. The van der Waals surface area contributed by atoms with Crippen LogP contribution in [0, 0.1) is 0 Å². The maximum atomic E-state index is 10.9. The SMILES string of the molecule is CCn1ccnc1COc1c(Br)cc(C(=O)O)cc1Br. The van der Waals surface area contributed by atoms with Crippen molar-refractivity contribution in [2.45, 2.75) is 20.1 Å². The first-order valence-corrected chi connectivity index (χ1v) is 7.46. The Hall–Kier alpha value is -1.34. The fraction of sp³-hybridized carbons (Fsp3) is 0.231. The number of ether oxygens (including phenoxy) is 1. The van der Waals surface area contributed by atoms with E-state index in [0.29, 0.717) is 21.3 Å². The number of hydrogen-bond donors (Lipinski definition) is 1. The molecule has 0 spiro atoms. The highest BCUT2D eigenvalue weighted by molar-refractivity contribution is 9.11. The summed E-state index contributed by atoms with van der Waals surface area (Å²) in [5.41, 5.74) is 0.186. The lowest BCUT2D eigenvalue weighted by Crippen LogP contribution is -2.06. The number of benzene rings is 1. The summed E-state index contributed by atoms with van der Waals surface area (Å²) >= 11 is 6.64. The summed E-state index contributed by atoms with van der Waals surface area (Å²) in [6, 6.07) is 3.02. The minimum Gasteiger partial charge on any atom is -0.483 e. The molecule has 2 aromatic rings. The van der Waals surface area contributed by atoms with E-state index in [0.717, 1.165) is 12.4 Å². The van der Waals surface area contributed by atoms with E-state index in [1.807, 2.05) is 17.7 Å². The number of aromatic nitrogens is 2. The molecule has 5 nitrogen and oxygen atoms in total. The van der Waals surface area contributed by atoms with Gasteiger partial charge in [-0.3, -0.25) is 0 Å². The molecule has 0 radical (unpaired) electrons. The van der Waals surface area contributed by atoms with Gasteiger partial charge >= 0.3 is 5.97 Å². The maximum absolute atomic E-state index is 10.9. The lowest BCUT2D eigenvalue weighted by molar-refractivity contribution is 0.0696. The van der Waals surface area contributed by atoms with Gasteiger partial charge in [-0.05, 0) is 50.9 Å². The van der Waals surface area contributed by atoms with E-state index in [4.69, 9.17) is 9.84 Å². The van der Waals surface area contributed by atoms with Gasteiger partial charge in [0, 0.05) is 18.9 Å². The number of imidazole rings is 1. The second-order valence-corrected chi connectivity index (χ2v) is 5.70. The van der Waals surface area contributed by atoms with Crippen LogP contribution in [-0.4, -0.2) is 20.6 Å². The number of hydrogen-bond acceptors (Lipinski definition) is 3. The third-order valence-electron chi connectivity index (χ3n) is 2.73. The molecular formula is C13H12Br2N2O3. The Balaban J connectivity index is 2.20. The van der Waals surface area contributed by atoms with E-state index in [1.165, 1.54) is 12.1 Å². The van der Waals surface area contributed by atoms with Gasteiger partial charge in [-0.2, -0.15) is 0 Å². The van der Waals surface area contributed by atoms with E-state index in [9.17, 15) is 4.79 Å². The highest BCUT2D eigenvalue weighted by Gasteiger charge is 2.13. The highest BCUT2D eigenvalue weighted by Crippen LogP contribution is 2.35. The molecule has 20 heavy (non-hydrogen) atoms. The minimum atomic E-state index is -0.987. The average Bonchev–Trinajstić information content (AvgIpc) is 2.84. The van der Waals surface area contributed by atoms with Crippen LogP contribution in [0.4, 0.5) is 0 Å². The number of rotatable bonds is 5. The molecule has 0 aliphatic carbocycles. The number of carboxylic acids is 1. The normalized spacial score (nSPS) is 10.6. The molecule has 0 aliphatic rings. The summed E-state index contributed by atoms with van der Waals surface area (Å²) in [4.78, 5) is 15.2. The Morgan fingerprint density at radius 3 is 2.60 bits per heavy atom. The molecule has 0 saturated carbocycles. The molecule has 1 N–H and O–H groups in total. The number of aromatic carboxylic acids is 1. The van der Waals surface area contributed by atoms with Gasteiger partial charge in [0.15, 0.2) is 0 Å². The lowest BCUT2D eigenvalue weighted by atomic mass is 10.2. The van der Waals surface area contributed by atoms with Gasteiger partial charge in [-0.15, -0.1) is 0 Å². The molecule has 1 heterocycles. The zero-order valence-electron chi connectivity index (χ0n) is 10.6. The summed E-state index contributed by atoms with van der Waals surface area (Å²) in [6.07, 6.45) is 3.61. The van der Waals surface area contributed by atoms with Crippen molar-refractivity contribution < 1.29 is 14.6 Å². The number of carboxylic acid groups (broad SMARTS) is 1. The van der Waals surface area contributed by atoms with Crippen molar-refractivity contribution in [1.29, 1.82) is 0 Å². The van der Waals surface area contributed by atoms with Crippen molar-refractivity contribution in [3.8, 4) is 5.75 Å². The molecule has 0 atom stereocenters. The Morgan fingerprint density at radius 1 is 1.40 bits per heavy atom. The number of aryl methyl sites for hydroxylation is 1. The third kappa shape index (κ3) is 3.21. The van der Waals surface area contributed by atoms with Crippen LogP contribution in [0.25, 0.3) is 0 Å². The molecule has 106 valence electrons. The van der Waals surface area contributed by atoms with Crippen LogP contribution in [-0.2, 0) is 13.2 Å². The van der Waals surface area contributed by atoms with Gasteiger partial charge in [0.1, 0.15) is 18.2 Å². The largest absolute Gasteiger partial charge is 0.483 e. The molecule has 7 heteroatoms. The second kappa shape index (κ2) is 6.41. The zero-order chi connectivity index (χ0) is 14.7. The van der Waals surface area contributed by atoms with Gasteiger partial charge < -0.3 is 14.4 Å². The summed E-state index contributed by atoms with van der Waals surface area (Å²) in [5.74, 6) is 0.383. The topological polar surface area (TPSA) is 64.4 Å². The number of halogens is 2. The van der Waals surface area contributed by atoms with E-state index < -0.39 is 5.97 Å². The van der Waals surface area contributed by atoms with Gasteiger partial charge in [-0.1, -0.05) is 0 Å². The second-order valence-electron chi connectivity index (χ2n) is 3.99. The molecule has 1 aromatic heterocycles. The number of nitrogens with zero attached hydrogens (tertiary/aromatic N) is 2. The van der Waals surface area contributed by atoms with E-state index >= 15 is 0 Å². The predicted molar refractivity (Wildman–Crippen MR) is 81.0 cm³/mol. The molecule has 0 unspecified atom stereocenters. The smallest absolute Gasteiger partial charge is 0.335 e. The first-order valence-electron chi connectivity index (χ1n) is 5.88. The molecule has 0 saturated heterocycles. The average molecular weight is 404 g/mol. The maximum Gasteiger partial charge on any atom is 0.335 e. The quantitative estimate of drug-likeness (QED) is 0.826. The molecule has 0 amide bonds. The molecule has 1 aromatic carbocycles. The van der Waals surface area contributed by atoms with Crippen LogP contribution < -0.4 is 4.74 Å². The first-order chi connectivity index (χ1) is 9.52. The number of carbonyl (C=O) groups is 1. The standard InChI is InChI=1S/C13H12Br2N2O3/c1-2-17-4-3-16-11(17)7-20-12-9(14)5-8(13(18)19)6-10(12)15/h3-6H,2,7H2,1H3,(H,18,19). The van der Waals surface area contributed by atoms with Crippen molar-refractivity contribution in [1.82, 2.24) is 9.55 Å². The van der Waals surface area contributed by atoms with Crippen LogP contribution in [0.2, 0.25) is 0 Å². The van der Waals surface area contributed by atoms with Crippen LogP contribution >= 0.6 is 31.9 Å². The Bertz CT molecular complexity index is 617. The minimum absolute atomic E-state index is 0.186. The third-order valence-corrected chi connectivity index (χ3v) is 3.91. The summed E-state index contributed by atoms with van der Waals surface area (Å²) in [6.45, 7) is 3.15. The van der Waals surface area contributed by atoms with E-state index in [1.54, 1.807) is 6.20 Å². The van der Waals surface area contributed by atoms with Crippen LogP contribution in [0.15, 0.2) is 33.5 Å². The van der Waals surface area contributed by atoms with E-state index in [2.05, 4.69) is 36.8 Å². The van der Waals surface area contributed by atoms with Crippen molar-refractivity contribution >= 4 is 37.8 Å². The van der Waals surface area contributed by atoms with E-state index in [-0.39, 0.29) is 5.56 Å². The summed E-state index contributed by atoms with van der Waals surface area (Å²) < 4.78 is 8.86. The van der Waals surface area contributed by atoms with Crippen molar-refractivity contribution in [3.63, 3.8) is 0 Å². The molecule has 2 rings (SSSR count). The van der Waals surface area contributed by atoms with Gasteiger partial charge in [0.05, 0.1) is 14.5 Å². The zero-order valence-corrected chi connectivity index (χ0v) is 13.8. The van der Waals surface area contributed by atoms with Crippen LogP contribution in [0.5, 0.6) is 5.75 Å². The lowest BCUT2D eigenvalue weighted by Gasteiger charge is -2.11. The molecule has 0 aliphatic heterocycles. The fourth-order valence-corrected chi connectivity index (χ4v) is 3.14. The molecule has 0 fully saturated rings. The summed E-state index contributed by atoms with van der Waals surface area (Å²) in [5, 5.41) is 8.98. The van der Waals surface area contributed by atoms with Crippen LogP contribution in [0.3, 0.4) is 0 Å². The Kier molecular flexibility index (Phi) is 4.82. The van der Waals surface area contributed by atoms with Gasteiger partial charge in [-0.25, -0.2) is 9.78 Å². The Morgan fingerprint density at radius 2 is 2.05 bits per heavy atom. The van der Waals surface area contributed by atoms with Crippen molar-refractivity contribution in [2.24, 2.45) is 0 Å². The molecular weight excluding hydrogens is 392 g/mol. The first kappa shape index (κ1) is 15.1. The van der Waals surface area contributed by atoms with Crippen molar-refractivity contribution in [2.75, 3.05) is 0 Å². The predicted octanol–water partition coefficient (Wildman–Crippen LogP) is 3.71.